The summed E-state index contributed by atoms with van der Waals surface area (Å²) in [6.07, 6.45) is 4.51. The lowest BCUT2D eigenvalue weighted by atomic mass is 10.1. The van der Waals surface area contributed by atoms with Gasteiger partial charge in [0, 0.05) is 37.8 Å². The van der Waals surface area contributed by atoms with Crippen LogP contribution >= 0.6 is 0 Å². The molecular weight excluding hydrogens is 368 g/mol. The van der Waals surface area contributed by atoms with Gasteiger partial charge >= 0.3 is 0 Å². The first kappa shape index (κ1) is 20.2. The first-order valence-corrected chi connectivity index (χ1v) is 9.19. The fraction of sp³-hybridized carbons (Fsp3) is 0.174. The number of allylic oxidation sites excluding steroid dienone is 1. The Morgan fingerprint density at radius 1 is 1.14 bits per heavy atom. The molecular formula is C23H22N2O4. The van der Waals surface area contributed by atoms with E-state index in [2.05, 4.69) is 5.32 Å². The molecule has 1 heterocycles. The molecule has 0 saturated carbocycles. The molecule has 6 nitrogen and oxygen atoms in total. The molecule has 0 radical (unpaired) electrons. The van der Waals surface area contributed by atoms with Crippen molar-refractivity contribution >= 4 is 28.7 Å². The standard InChI is InChI=1S/C23H22N2O4/c1-25-15-19(22(27)18-8-3-4-9-20(18)25)21(26)11-10-16-6-5-7-17(14-16)23(28)24-12-13-29-2/h3-11,14-15H,12-13H2,1-2H3,(H,24,28). The third kappa shape index (κ3) is 4.67. The molecule has 0 spiro atoms. The van der Waals surface area contributed by atoms with Crippen LogP contribution in [0.1, 0.15) is 26.3 Å². The van der Waals surface area contributed by atoms with Gasteiger partial charge in [-0.25, -0.2) is 0 Å². The second-order valence-electron chi connectivity index (χ2n) is 6.57. The molecule has 0 aliphatic carbocycles. The van der Waals surface area contributed by atoms with Gasteiger partial charge in [-0.05, 0) is 35.9 Å². The van der Waals surface area contributed by atoms with Crippen molar-refractivity contribution < 1.29 is 14.3 Å². The largest absolute Gasteiger partial charge is 0.383 e. The molecule has 0 bridgehead atoms. The number of ketones is 1. The average Bonchev–Trinajstić information content (AvgIpc) is 2.75. The second kappa shape index (κ2) is 9.12. The number of carbonyl (C=O) groups excluding carboxylic acids is 2. The normalized spacial score (nSPS) is 11.1. The van der Waals surface area contributed by atoms with Gasteiger partial charge in [-0.3, -0.25) is 14.4 Å². The Balaban J connectivity index is 1.82. The number of amides is 1. The number of para-hydroxylation sites is 1. The van der Waals surface area contributed by atoms with E-state index >= 15 is 0 Å². The van der Waals surface area contributed by atoms with Gasteiger partial charge in [0.05, 0.1) is 17.7 Å². The van der Waals surface area contributed by atoms with Crippen molar-refractivity contribution in [2.75, 3.05) is 20.3 Å². The summed E-state index contributed by atoms with van der Waals surface area (Å²) in [5.41, 5.74) is 1.76. The van der Waals surface area contributed by atoms with E-state index in [1.54, 1.807) is 67.4 Å². The van der Waals surface area contributed by atoms with Crippen LogP contribution in [0.2, 0.25) is 0 Å². The highest BCUT2D eigenvalue weighted by atomic mass is 16.5. The molecule has 29 heavy (non-hydrogen) atoms. The van der Waals surface area contributed by atoms with Gasteiger partial charge in [-0.2, -0.15) is 0 Å². The zero-order valence-corrected chi connectivity index (χ0v) is 16.3. The van der Waals surface area contributed by atoms with Crippen LogP contribution in [0.25, 0.3) is 17.0 Å². The molecule has 0 atom stereocenters. The highest BCUT2D eigenvalue weighted by Gasteiger charge is 2.12. The first-order valence-electron chi connectivity index (χ1n) is 9.19. The maximum atomic E-state index is 12.7. The molecule has 1 aromatic heterocycles. The number of hydrogen-bond donors (Lipinski definition) is 1. The molecule has 0 aliphatic rings. The van der Waals surface area contributed by atoms with Gasteiger partial charge in [-0.1, -0.05) is 30.3 Å². The zero-order valence-electron chi connectivity index (χ0n) is 16.3. The second-order valence-corrected chi connectivity index (χ2v) is 6.57. The van der Waals surface area contributed by atoms with Crippen molar-refractivity contribution in [3.05, 3.63) is 87.7 Å². The van der Waals surface area contributed by atoms with E-state index in [0.717, 1.165) is 5.52 Å². The number of nitrogens with one attached hydrogen (secondary N) is 1. The molecule has 0 fully saturated rings. The Kier molecular flexibility index (Phi) is 6.36. The van der Waals surface area contributed by atoms with Gasteiger partial charge in [0.2, 0.25) is 5.43 Å². The molecule has 0 saturated heterocycles. The van der Waals surface area contributed by atoms with E-state index in [0.29, 0.717) is 29.7 Å². The summed E-state index contributed by atoms with van der Waals surface area (Å²) in [7, 11) is 3.37. The van der Waals surface area contributed by atoms with E-state index in [-0.39, 0.29) is 22.7 Å². The van der Waals surface area contributed by atoms with E-state index in [4.69, 9.17) is 4.74 Å². The smallest absolute Gasteiger partial charge is 0.251 e. The van der Waals surface area contributed by atoms with Crippen molar-refractivity contribution in [1.29, 1.82) is 0 Å². The van der Waals surface area contributed by atoms with Crippen LogP contribution in [0.4, 0.5) is 0 Å². The number of benzene rings is 2. The summed E-state index contributed by atoms with van der Waals surface area (Å²) in [4.78, 5) is 37.4. The molecule has 1 N–H and O–H groups in total. The maximum absolute atomic E-state index is 12.7. The SMILES string of the molecule is COCCNC(=O)c1cccc(C=CC(=O)c2cn(C)c3ccccc3c2=O)c1. The summed E-state index contributed by atoms with van der Waals surface area (Å²) in [6, 6.07) is 14.1. The Labute approximate surface area is 168 Å². The van der Waals surface area contributed by atoms with Crippen LogP contribution in [-0.4, -0.2) is 36.5 Å². The van der Waals surface area contributed by atoms with E-state index in [1.807, 2.05) is 12.1 Å². The highest BCUT2D eigenvalue weighted by Crippen LogP contribution is 2.12. The number of carbonyl (C=O) groups is 2. The monoisotopic (exact) mass is 390 g/mol. The first-order chi connectivity index (χ1) is 14.0. The van der Waals surface area contributed by atoms with Crippen molar-refractivity contribution in [3.8, 4) is 0 Å². The topological polar surface area (TPSA) is 77.4 Å². The van der Waals surface area contributed by atoms with Crippen molar-refractivity contribution in [1.82, 2.24) is 9.88 Å². The summed E-state index contributed by atoms with van der Waals surface area (Å²) in [6.45, 7) is 0.847. The Hall–Kier alpha value is -3.51. The minimum absolute atomic E-state index is 0.107. The number of methoxy groups -OCH3 is 1. The number of fused-ring (bicyclic) bond motifs is 1. The van der Waals surface area contributed by atoms with Crippen molar-refractivity contribution in [2.24, 2.45) is 7.05 Å². The summed E-state index contributed by atoms with van der Waals surface area (Å²) < 4.78 is 6.68. The van der Waals surface area contributed by atoms with Crippen LogP contribution in [0.5, 0.6) is 0 Å². The molecule has 0 aliphatic heterocycles. The van der Waals surface area contributed by atoms with Crippen LogP contribution in [0.15, 0.2) is 65.6 Å². The van der Waals surface area contributed by atoms with E-state index in [1.165, 1.54) is 6.08 Å². The fourth-order valence-corrected chi connectivity index (χ4v) is 3.03. The Morgan fingerprint density at radius 2 is 1.93 bits per heavy atom. The zero-order chi connectivity index (χ0) is 20.8. The molecule has 148 valence electrons. The molecule has 3 aromatic rings. The molecule has 6 heteroatoms. The number of hydrogen-bond acceptors (Lipinski definition) is 4. The fourth-order valence-electron chi connectivity index (χ4n) is 3.03. The molecule has 1 amide bonds. The lowest BCUT2D eigenvalue weighted by molar-refractivity contribution is 0.0936. The van der Waals surface area contributed by atoms with E-state index < -0.39 is 0 Å². The number of pyridine rings is 1. The number of aryl methyl sites for hydroxylation is 1. The summed E-state index contributed by atoms with van der Waals surface area (Å²) in [5, 5.41) is 3.25. The van der Waals surface area contributed by atoms with Gasteiger partial charge in [0.15, 0.2) is 5.78 Å². The summed E-state index contributed by atoms with van der Waals surface area (Å²) in [5.74, 6) is -0.599. The van der Waals surface area contributed by atoms with Crippen molar-refractivity contribution in [2.45, 2.75) is 0 Å². The van der Waals surface area contributed by atoms with Crippen LogP contribution < -0.4 is 10.7 Å². The third-order valence-electron chi connectivity index (χ3n) is 4.53. The quantitative estimate of drug-likeness (QED) is 0.382. The Morgan fingerprint density at radius 3 is 2.72 bits per heavy atom. The van der Waals surface area contributed by atoms with Crippen LogP contribution in [0.3, 0.4) is 0 Å². The molecule has 3 rings (SSSR count). The van der Waals surface area contributed by atoms with Crippen LogP contribution in [-0.2, 0) is 11.8 Å². The number of rotatable bonds is 7. The number of nitrogens with zero attached hydrogens (tertiary/aromatic N) is 1. The minimum atomic E-state index is -0.383. The van der Waals surface area contributed by atoms with Gasteiger partial charge in [0.1, 0.15) is 0 Å². The number of aromatic nitrogens is 1. The maximum Gasteiger partial charge on any atom is 0.251 e. The van der Waals surface area contributed by atoms with Crippen molar-refractivity contribution in [3.63, 3.8) is 0 Å². The minimum Gasteiger partial charge on any atom is -0.383 e. The lowest BCUT2D eigenvalue weighted by Crippen LogP contribution is -2.26. The van der Waals surface area contributed by atoms with Gasteiger partial charge in [0.25, 0.3) is 5.91 Å². The molecule has 2 aromatic carbocycles. The highest BCUT2D eigenvalue weighted by molar-refractivity contribution is 6.08. The van der Waals surface area contributed by atoms with Gasteiger partial charge < -0.3 is 14.6 Å². The average molecular weight is 390 g/mol. The third-order valence-corrected chi connectivity index (χ3v) is 4.53. The lowest BCUT2D eigenvalue weighted by Gasteiger charge is -2.07. The van der Waals surface area contributed by atoms with E-state index in [9.17, 15) is 14.4 Å². The molecule has 0 unspecified atom stereocenters. The Bertz CT molecular complexity index is 1150. The predicted octanol–water partition coefficient (Wildman–Crippen LogP) is 2.81. The predicted molar refractivity (Wildman–Crippen MR) is 113 cm³/mol. The summed E-state index contributed by atoms with van der Waals surface area (Å²) >= 11 is 0. The van der Waals surface area contributed by atoms with Gasteiger partial charge in [-0.15, -0.1) is 0 Å². The number of ether oxygens (including phenoxy) is 1. The van der Waals surface area contributed by atoms with Crippen LogP contribution in [0, 0.1) is 0 Å².